The summed E-state index contributed by atoms with van der Waals surface area (Å²) in [6.45, 7) is 1.65. The van der Waals surface area contributed by atoms with Crippen LogP contribution in [0.1, 0.15) is 41.7 Å². The molecule has 0 bridgehead atoms. The maximum Gasteiger partial charge on any atom is 0.165 e. The van der Waals surface area contributed by atoms with E-state index < -0.39 is 9.84 Å². The molecule has 0 amide bonds. The number of nitrogens with zero attached hydrogens (tertiary/aromatic N) is 4. The minimum atomic E-state index is -3.07. The van der Waals surface area contributed by atoms with Gasteiger partial charge in [0.2, 0.25) is 0 Å². The van der Waals surface area contributed by atoms with Crippen LogP contribution in [0.4, 0.5) is 5.82 Å². The van der Waals surface area contributed by atoms with Crippen molar-refractivity contribution >= 4 is 27.1 Å². The Balaban J connectivity index is 1.64. The smallest absolute Gasteiger partial charge is 0.165 e. The van der Waals surface area contributed by atoms with Crippen LogP contribution in [0.5, 0.6) is 0 Å². The van der Waals surface area contributed by atoms with Crippen LogP contribution >= 0.6 is 0 Å². The summed E-state index contributed by atoms with van der Waals surface area (Å²) >= 11 is 0. The van der Waals surface area contributed by atoms with Crippen molar-refractivity contribution in [1.29, 1.82) is 0 Å². The number of benzene rings is 1. The maximum atomic E-state index is 12.8. The van der Waals surface area contributed by atoms with E-state index in [4.69, 9.17) is 9.72 Å². The summed E-state index contributed by atoms with van der Waals surface area (Å²) in [5, 5.41) is 7.70. The van der Waals surface area contributed by atoms with Crippen LogP contribution in [0.3, 0.4) is 0 Å². The highest BCUT2D eigenvalue weighted by molar-refractivity contribution is 7.91. The molecule has 1 N–H and O–H groups in total. The Kier molecular flexibility index (Phi) is 6.55. The fraction of sp³-hybridized carbons (Fsp3) is 0.308. The number of fused-ring (bicyclic) bond motifs is 1. The molecule has 0 radical (unpaired) electrons. The van der Waals surface area contributed by atoms with Crippen LogP contribution in [0.2, 0.25) is 0 Å². The van der Waals surface area contributed by atoms with E-state index in [0.717, 1.165) is 22.4 Å². The van der Waals surface area contributed by atoms with Gasteiger partial charge in [-0.05, 0) is 25.8 Å². The van der Waals surface area contributed by atoms with Gasteiger partial charge in [0.15, 0.2) is 11.4 Å². The first-order chi connectivity index (χ1) is 17.4. The molecule has 4 aromatic rings. The highest BCUT2D eigenvalue weighted by Gasteiger charge is 2.31. The van der Waals surface area contributed by atoms with Gasteiger partial charge >= 0.3 is 0 Å². The van der Waals surface area contributed by atoms with Crippen molar-refractivity contribution in [2.45, 2.75) is 25.7 Å². The molecule has 5 rings (SSSR count). The molecule has 0 unspecified atom stereocenters. The predicted molar refractivity (Wildman–Crippen MR) is 138 cm³/mol. The molecule has 10 heteroatoms. The minimum Gasteiger partial charge on any atom is -0.365 e. The first-order valence-corrected chi connectivity index (χ1v) is 13.6. The maximum absolute atomic E-state index is 12.8. The minimum absolute atomic E-state index is 0.0830. The molecule has 9 nitrogen and oxygen atoms in total. The number of carbonyl (C=O) groups is 1. The number of pyridine rings is 1. The standard InChI is InChI=1S/C26H27N5O4S/c1-17(32)23-24(19-10-12-36(33,34)13-11-19)30-25-21(15-29-31(25)26(23)28-16-35-2)20-8-9-22(27-14-20)18-6-4-3-5-7-18/h3-9,14-15,19,28H,10-13,16H2,1-2H3. The number of carbonyl (C=O) groups excluding carboxylic acids is 1. The van der Waals surface area contributed by atoms with Crippen molar-refractivity contribution in [3.05, 3.63) is 66.1 Å². The molecular formula is C26H27N5O4S. The molecule has 1 aliphatic rings. The quantitative estimate of drug-likeness (QED) is 0.296. The largest absolute Gasteiger partial charge is 0.365 e. The van der Waals surface area contributed by atoms with Gasteiger partial charge in [-0.25, -0.2) is 13.4 Å². The first kappa shape index (κ1) is 24.1. The van der Waals surface area contributed by atoms with Crippen molar-refractivity contribution in [3.63, 3.8) is 0 Å². The Bertz CT molecular complexity index is 1500. The number of methoxy groups -OCH3 is 1. The van der Waals surface area contributed by atoms with Gasteiger partial charge in [0, 0.05) is 35.9 Å². The van der Waals surface area contributed by atoms with Gasteiger partial charge in [0.25, 0.3) is 0 Å². The van der Waals surface area contributed by atoms with Crippen LogP contribution in [-0.4, -0.2) is 59.1 Å². The van der Waals surface area contributed by atoms with Gasteiger partial charge in [-0.3, -0.25) is 9.78 Å². The van der Waals surface area contributed by atoms with Gasteiger partial charge in [-0.2, -0.15) is 9.61 Å². The average molecular weight is 506 g/mol. The second-order valence-electron chi connectivity index (χ2n) is 8.90. The topological polar surface area (TPSA) is 116 Å². The molecule has 0 spiro atoms. The molecule has 1 aromatic carbocycles. The van der Waals surface area contributed by atoms with Crippen LogP contribution < -0.4 is 5.32 Å². The number of hydrogen-bond donors (Lipinski definition) is 1. The Morgan fingerprint density at radius 3 is 2.47 bits per heavy atom. The number of sulfone groups is 1. The lowest BCUT2D eigenvalue weighted by molar-refractivity contribution is 0.101. The zero-order valence-corrected chi connectivity index (χ0v) is 21.0. The first-order valence-electron chi connectivity index (χ1n) is 11.8. The Morgan fingerprint density at radius 2 is 1.83 bits per heavy atom. The van der Waals surface area contributed by atoms with Crippen molar-refractivity contribution in [2.24, 2.45) is 0 Å². The second-order valence-corrected chi connectivity index (χ2v) is 11.2. The van der Waals surface area contributed by atoms with E-state index in [2.05, 4.69) is 15.4 Å². The summed E-state index contributed by atoms with van der Waals surface area (Å²) in [5.41, 5.74) is 5.05. The lowest BCUT2D eigenvalue weighted by Crippen LogP contribution is -2.25. The Labute approximate surface area is 209 Å². The van der Waals surface area contributed by atoms with E-state index in [1.807, 2.05) is 42.5 Å². The number of Topliss-reactive ketones (excluding diaryl/α,β-unsaturated/α-hetero) is 1. The summed E-state index contributed by atoms with van der Waals surface area (Å²) in [5.74, 6) is 0.330. The molecular weight excluding hydrogens is 478 g/mol. The van der Waals surface area contributed by atoms with E-state index in [1.165, 1.54) is 6.92 Å². The van der Waals surface area contributed by atoms with E-state index in [0.29, 0.717) is 35.6 Å². The van der Waals surface area contributed by atoms with Gasteiger partial charge < -0.3 is 10.1 Å². The number of rotatable bonds is 7. The molecule has 1 fully saturated rings. The molecule has 0 atom stereocenters. The number of ketones is 1. The van der Waals surface area contributed by atoms with Crippen molar-refractivity contribution in [2.75, 3.05) is 30.7 Å². The zero-order chi connectivity index (χ0) is 25.3. The summed E-state index contributed by atoms with van der Waals surface area (Å²) in [4.78, 5) is 22.4. The van der Waals surface area contributed by atoms with Crippen LogP contribution in [0, 0.1) is 0 Å². The molecule has 1 aliphatic heterocycles. The molecule has 186 valence electrons. The predicted octanol–water partition coefficient (Wildman–Crippen LogP) is 3.97. The lowest BCUT2D eigenvalue weighted by atomic mass is 9.93. The number of anilines is 1. The van der Waals surface area contributed by atoms with Gasteiger partial charge in [-0.15, -0.1) is 0 Å². The third-order valence-electron chi connectivity index (χ3n) is 6.50. The van der Waals surface area contributed by atoms with Gasteiger partial charge in [0.1, 0.15) is 22.4 Å². The van der Waals surface area contributed by atoms with E-state index >= 15 is 0 Å². The van der Waals surface area contributed by atoms with Gasteiger partial charge in [-0.1, -0.05) is 36.4 Å². The molecule has 36 heavy (non-hydrogen) atoms. The summed E-state index contributed by atoms with van der Waals surface area (Å²) in [7, 11) is -1.51. The molecule has 0 aliphatic carbocycles. The zero-order valence-electron chi connectivity index (χ0n) is 20.1. The molecule has 0 saturated carbocycles. The fourth-order valence-corrected chi connectivity index (χ4v) is 6.15. The van der Waals surface area contributed by atoms with E-state index in [9.17, 15) is 13.2 Å². The highest BCUT2D eigenvalue weighted by atomic mass is 32.2. The molecule has 3 aromatic heterocycles. The van der Waals surface area contributed by atoms with Crippen LogP contribution in [0.25, 0.3) is 28.0 Å². The van der Waals surface area contributed by atoms with E-state index in [1.54, 1.807) is 24.0 Å². The Morgan fingerprint density at radius 1 is 1.08 bits per heavy atom. The number of aromatic nitrogens is 4. The average Bonchev–Trinajstić information content (AvgIpc) is 3.31. The van der Waals surface area contributed by atoms with Crippen LogP contribution in [-0.2, 0) is 14.6 Å². The number of ether oxygens (including phenoxy) is 1. The lowest BCUT2D eigenvalue weighted by Gasteiger charge is -2.25. The third-order valence-corrected chi connectivity index (χ3v) is 8.21. The third kappa shape index (κ3) is 4.61. The van der Waals surface area contributed by atoms with Crippen molar-refractivity contribution < 1.29 is 17.9 Å². The van der Waals surface area contributed by atoms with Crippen LogP contribution in [0.15, 0.2) is 54.9 Å². The number of hydrogen-bond acceptors (Lipinski definition) is 8. The fourth-order valence-electron chi connectivity index (χ4n) is 4.66. The second kappa shape index (κ2) is 9.79. The normalized spacial score (nSPS) is 15.7. The summed E-state index contributed by atoms with van der Waals surface area (Å²) in [6, 6.07) is 13.8. The number of nitrogens with one attached hydrogen (secondary N) is 1. The summed E-state index contributed by atoms with van der Waals surface area (Å²) < 4.78 is 30.9. The van der Waals surface area contributed by atoms with Crippen molar-refractivity contribution in [3.8, 4) is 22.4 Å². The van der Waals surface area contributed by atoms with Crippen molar-refractivity contribution in [1.82, 2.24) is 19.6 Å². The molecule has 4 heterocycles. The SMILES string of the molecule is COCNc1c(C(C)=O)c(C2CCS(=O)(=O)CC2)nc2c(-c3ccc(-c4ccccc4)nc3)cnn12. The van der Waals surface area contributed by atoms with Gasteiger partial charge in [0.05, 0.1) is 34.7 Å². The molecule has 1 saturated heterocycles. The Hall–Kier alpha value is -3.63. The van der Waals surface area contributed by atoms with E-state index in [-0.39, 0.29) is 29.9 Å². The monoisotopic (exact) mass is 505 g/mol. The summed E-state index contributed by atoms with van der Waals surface area (Å²) in [6.07, 6.45) is 4.34. The highest BCUT2D eigenvalue weighted by Crippen LogP contribution is 2.36.